The summed E-state index contributed by atoms with van der Waals surface area (Å²) in [4.78, 5) is 19.5. The van der Waals surface area contributed by atoms with Crippen molar-refractivity contribution in [2.45, 2.75) is 25.8 Å². The molecule has 1 amide bonds. The van der Waals surface area contributed by atoms with Gasteiger partial charge in [0.05, 0.1) is 0 Å². The first kappa shape index (κ1) is 16.8. The summed E-state index contributed by atoms with van der Waals surface area (Å²) in [5.74, 6) is 2.20. The molecule has 5 rings (SSSR count). The second kappa shape index (κ2) is 6.67. The Hall–Kier alpha value is -3.35. The predicted octanol–water partition coefficient (Wildman–Crippen LogP) is 3.75. The van der Waals surface area contributed by atoms with Crippen molar-refractivity contribution in [3.63, 3.8) is 0 Å². The molecule has 28 heavy (non-hydrogen) atoms. The SMILES string of the molecule is Cc1cccc(-c2noc(C3CCCN3C(=O)c3ccc4c(c3)OCO4)n2)c1. The number of rotatable bonds is 3. The third-order valence-electron chi connectivity index (χ3n) is 5.14. The van der Waals surface area contributed by atoms with E-state index < -0.39 is 0 Å². The van der Waals surface area contributed by atoms with Gasteiger partial charge in [-0.15, -0.1) is 0 Å². The van der Waals surface area contributed by atoms with Gasteiger partial charge in [0.1, 0.15) is 6.04 Å². The molecule has 2 aromatic carbocycles. The predicted molar refractivity (Wildman–Crippen MR) is 100 cm³/mol. The molecule has 2 aliphatic rings. The van der Waals surface area contributed by atoms with Crippen LogP contribution in [0.1, 0.15) is 40.7 Å². The highest BCUT2D eigenvalue weighted by atomic mass is 16.7. The first-order valence-corrected chi connectivity index (χ1v) is 9.30. The molecule has 142 valence electrons. The molecule has 7 nitrogen and oxygen atoms in total. The van der Waals surface area contributed by atoms with Crippen LogP contribution in [0.4, 0.5) is 0 Å². The zero-order chi connectivity index (χ0) is 19.1. The van der Waals surface area contributed by atoms with Gasteiger partial charge in [-0.3, -0.25) is 4.79 Å². The zero-order valence-electron chi connectivity index (χ0n) is 15.4. The largest absolute Gasteiger partial charge is 0.454 e. The van der Waals surface area contributed by atoms with Crippen molar-refractivity contribution in [1.29, 1.82) is 0 Å². The minimum absolute atomic E-state index is 0.0731. The number of amides is 1. The molecule has 0 saturated carbocycles. The number of benzene rings is 2. The minimum Gasteiger partial charge on any atom is -0.454 e. The van der Waals surface area contributed by atoms with Crippen LogP contribution in [0.5, 0.6) is 11.5 Å². The summed E-state index contributed by atoms with van der Waals surface area (Å²) in [5.41, 5.74) is 2.60. The molecule has 2 aliphatic heterocycles. The van der Waals surface area contributed by atoms with E-state index in [4.69, 9.17) is 14.0 Å². The van der Waals surface area contributed by atoms with Gasteiger partial charge in [-0.2, -0.15) is 4.98 Å². The summed E-state index contributed by atoms with van der Waals surface area (Å²) in [6.45, 7) is 2.86. The maximum Gasteiger partial charge on any atom is 0.254 e. The highest BCUT2D eigenvalue weighted by Gasteiger charge is 2.35. The van der Waals surface area contributed by atoms with Crippen LogP contribution in [0.15, 0.2) is 47.0 Å². The lowest BCUT2D eigenvalue weighted by atomic mass is 10.1. The van der Waals surface area contributed by atoms with Crippen molar-refractivity contribution in [3.05, 3.63) is 59.5 Å². The number of fused-ring (bicyclic) bond motifs is 1. The molecule has 1 atom stereocenters. The van der Waals surface area contributed by atoms with Crippen molar-refractivity contribution < 1.29 is 18.8 Å². The Bertz CT molecular complexity index is 1050. The van der Waals surface area contributed by atoms with Gasteiger partial charge >= 0.3 is 0 Å². The van der Waals surface area contributed by atoms with Crippen LogP contribution < -0.4 is 9.47 Å². The zero-order valence-corrected chi connectivity index (χ0v) is 15.4. The van der Waals surface area contributed by atoms with Gasteiger partial charge < -0.3 is 18.9 Å². The summed E-state index contributed by atoms with van der Waals surface area (Å²) in [6.07, 6.45) is 1.69. The molecule has 7 heteroatoms. The van der Waals surface area contributed by atoms with Crippen molar-refractivity contribution in [2.24, 2.45) is 0 Å². The van der Waals surface area contributed by atoms with E-state index >= 15 is 0 Å². The van der Waals surface area contributed by atoms with E-state index in [1.807, 2.05) is 31.2 Å². The topological polar surface area (TPSA) is 77.7 Å². The van der Waals surface area contributed by atoms with E-state index in [1.165, 1.54) is 0 Å². The molecule has 0 spiro atoms. The number of aromatic nitrogens is 2. The Labute approximate surface area is 161 Å². The monoisotopic (exact) mass is 377 g/mol. The van der Waals surface area contributed by atoms with Gasteiger partial charge in [-0.05, 0) is 44.0 Å². The summed E-state index contributed by atoms with van der Waals surface area (Å²) in [7, 11) is 0. The fraction of sp³-hybridized carbons (Fsp3) is 0.286. The summed E-state index contributed by atoms with van der Waals surface area (Å²) in [6, 6.07) is 13.0. The van der Waals surface area contributed by atoms with Crippen LogP contribution >= 0.6 is 0 Å². The molecular weight excluding hydrogens is 358 g/mol. The van der Waals surface area contributed by atoms with Gasteiger partial charge in [0, 0.05) is 17.7 Å². The number of carbonyl (C=O) groups excluding carboxylic acids is 1. The molecule has 1 fully saturated rings. The Morgan fingerprint density at radius 1 is 1.14 bits per heavy atom. The second-order valence-corrected chi connectivity index (χ2v) is 7.05. The normalized spacial score (nSPS) is 17.9. The number of hydrogen-bond donors (Lipinski definition) is 0. The molecule has 0 bridgehead atoms. The average Bonchev–Trinajstić information content (AvgIpc) is 3.46. The van der Waals surface area contributed by atoms with E-state index in [-0.39, 0.29) is 18.7 Å². The Morgan fingerprint density at radius 3 is 2.93 bits per heavy atom. The van der Waals surface area contributed by atoms with E-state index in [0.717, 1.165) is 24.0 Å². The minimum atomic E-state index is -0.219. The molecule has 1 saturated heterocycles. The van der Waals surface area contributed by atoms with Gasteiger partial charge in [0.2, 0.25) is 18.5 Å². The highest BCUT2D eigenvalue weighted by Crippen LogP contribution is 2.36. The van der Waals surface area contributed by atoms with Crippen molar-refractivity contribution in [2.75, 3.05) is 13.3 Å². The quantitative estimate of drug-likeness (QED) is 0.692. The smallest absolute Gasteiger partial charge is 0.254 e. The van der Waals surface area contributed by atoms with E-state index in [1.54, 1.807) is 23.1 Å². The van der Waals surface area contributed by atoms with E-state index in [2.05, 4.69) is 10.1 Å². The maximum atomic E-state index is 13.1. The molecule has 0 radical (unpaired) electrons. The summed E-state index contributed by atoms with van der Waals surface area (Å²) < 4.78 is 16.2. The Morgan fingerprint density at radius 2 is 2.04 bits per heavy atom. The molecule has 3 aromatic rings. The van der Waals surface area contributed by atoms with Gasteiger partial charge in [0.15, 0.2) is 11.5 Å². The van der Waals surface area contributed by atoms with Crippen LogP contribution in [-0.4, -0.2) is 34.3 Å². The number of carbonyl (C=O) groups is 1. The third-order valence-corrected chi connectivity index (χ3v) is 5.14. The number of aryl methyl sites for hydroxylation is 1. The molecule has 0 aliphatic carbocycles. The van der Waals surface area contributed by atoms with Crippen LogP contribution in [0.25, 0.3) is 11.4 Å². The molecule has 1 aromatic heterocycles. The van der Waals surface area contributed by atoms with Crippen molar-refractivity contribution >= 4 is 5.91 Å². The number of hydrogen-bond acceptors (Lipinski definition) is 6. The molecular formula is C21H19N3O4. The van der Waals surface area contributed by atoms with Crippen LogP contribution in [0, 0.1) is 6.92 Å². The van der Waals surface area contributed by atoms with Crippen LogP contribution in [0.3, 0.4) is 0 Å². The standard InChI is InChI=1S/C21H19N3O4/c1-13-4-2-5-14(10-13)19-22-20(28-23-19)16-6-3-9-24(16)21(25)15-7-8-17-18(11-15)27-12-26-17/h2,4-5,7-8,10-11,16H,3,6,9,12H2,1H3. The van der Waals surface area contributed by atoms with E-state index in [0.29, 0.717) is 35.3 Å². The number of nitrogens with zero attached hydrogens (tertiary/aromatic N) is 3. The van der Waals surface area contributed by atoms with Crippen LogP contribution in [-0.2, 0) is 0 Å². The molecule has 3 heterocycles. The summed E-state index contributed by atoms with van der Waals surface area (Å²) >= 11 is 0. The second-order valence-electron chi connectivity index (χ2n) is 7.05. The first-order chi connectivity index (χ1) is 13.7. The molecule has 0 N–H and O–H groups in total. The van der Waals surface area contributed by atoms with Crippen molar-refractivity contribution in [1.82, 2.24) is 15.0 Å². The Kier molecular flexibility index (Phi) is 4.00. The van der Waals surface area contributed by atoms with Gasteiger partial charge in [0.25, 0.3) is 5.91 Å². The van der Waals surface area contributed by atoms with Gasteiger partial charge in [-0.25, -0.2) is 0 Å². The summed E-state index contributed by atoms with van der Waals surface area (Å²) in [5, 5.41) is 4.13. The number of likely N-dealkylation sites (tertiary alicyclic amines) is 1. The lowest BCUT2D eigenvalue weighted by Crippen LogP contribution is -2.30. The van der Waals surface area contributed by atoms with E-state index in [9.17, 15) is 4.79 Å². The molecule has 1 unspecified atom stereocenters. The van der Waals surface area contributed by atoms with Crippen LogP contribution in [0.2, 0.25) is 0 Å². The maximum absolute atomic E-state index is 13.1. The number of ether oxygens (including phenoxy) is 2. The lowest BCUT2D eigenvalue weighted by molar-refractivity contribution is 0.0709. The Balaban J connectivity index is 1.40. The average molecular weight is 377 g/mol. The van der Waals surface area contributed by atoms with Crippen molar-refractivity contribution in [3.8, 4) is 22.9 Å². The first-order valence-electron chi connectivity index (χ1n) is 9.30. The fourth-order valence-corrected chi connectivity index (χ4v) is 3.73. The van der Waals surface area contributed by atoms with Gasteiger partial charge in [-0.1, -0.05) is 28.9 Å². The lowest BCUT2D eigenvalue weighted by Gasteiger charge is -2.22. The third kappa shape index (κ3) is 2.89. The highest BCUT2D eigenvalue weighted by molar-refractivity contribution is 5.95. The fourth-order valence-electron chi connectivity index (χ4n) is 3.73.